The lowest BCUT2D eigenvalue weighted by Crippen LogP contribution is -2.48. The number of hydrogen-bond donors (Lipinski definition) is 0. The van der Waals surface area contributed by atoms with E-state index in [4.69, 9.17) is 17.7 Å². The highest BCUT2D eigenvalue weighted by Crippen LogP contribution is 2.12. The molecule has 0 saturated heterocycles. The normalized spacial score (nSPS) is 12.3. The first-order valence-corrected chi connectivity index (χ1v) is 6.58. The molecule has 4 nitrogen and oxygen atoms in total. The second-order valence-electron chi connectivity index (χ2n) is 2.39. The number of rotatable bonds is 8. The zero-order valence-corrected chi connectivity index (χ0v) is 10.4. The van der Waals surface area contributed by atoms with Crippen LogP contribution >= 0.6 is 0 Å². The van der Waals surface area contributed by atoms with Gasteiger partial charge in [-0.05, 0) is 27.7 Å². The predicted octanol–water partition coefficient (Wildman–Crippen LogP) is 2.08. The summed E-state index contributed by atoms with van der Waals surface area (Å²) in [6, 6.07) is 0. The van der Waals surface area contributed by atoms with Gasteiger partial charge in [0, 0.05) is 19.8 Å². The Morgan fingerprint density at radius 3 is 1.64 bits per heavy atom. The Morgan fingerprint density at radius 1 is 0.929 bits per heavy atom. The number of allylic oxidation sites excluding steroid dienone is 1. The molecule has 0 N–H and O–H groups in total. The minimum atomic E-state index is -2.90. The standard InChI is InChI=1S/C9H20O4Si/c1-5-9-13-14(10-6-2,11-7-3)12-8-4/h5,9H,6-8H2,1-4H3. The third-order valence-electron chi connectivity index (χ3n) is 1.31. The first kappa shape index (κ1) is 13.6. The van der Waals surface area contributed by atoms with Crippen LogP contribution in [0.2, 0.25) is 0 Å². The van der Waals surface area contributed by atoms with Crippen LogP contribution in [0.5, 0.6) is 0 Å². The van der Waals surface area contributed by atoms with Gasteiger partial charge in [0.25, 0.3) is 0 Å². The summed E-state index contributed by atoms with van der Waals surface area (Å²) in [6.07, 6.45) is 3.33. The van der Waals surface area contributed by atoms with Crippen molar-refractivity contribution in [2.75, 3.05) is 19.8 Å². The van der Waals surface area contributed by atoms with Crippen LogP contribution in [-0.4, -0.2) is 28.9 Å². The SMILES string of the molecule is CC=CO[Si](OCC)(OCC)OCC. The van der Waals surface area contributed by atoms with E-state index in [0.717, 1.165) is 0 Å². The zero-order chi connectivity index (χ0) is 10.9. The Balaban J connectivity index is 4.36. The molecule has 0 heterocycles. The molecule has 0 aromatic rings. The Hall–Kier alpha value is -0.363. The largest absolute Gasteiger partial charge is 0.749 e. The molecule has 0 radical (unpaired) electrons. The average molecular weight is 220 g/mol. The van der Waals surface area contributed by atoms with Crippen molar-refractivity contribution in [2.24, 2.45) is 0 Å². The fraction of sp³-hybridized carbons (Fsp3) is 0.778. The van der Waals surface area contributed by atoms with E-state index >= 15 is 0 Å². The van der Waals surface area contributed by atoms with Crippen molar-refractivity contribution in [2.45, 2.75) is 27.7 Å². The van der Waals surface area contributed by atoms with Gasteiger partial charge >= 0.3 is 9.05 Å². The summed E-state index contributed by atoms with van der Waals surface area (Å²) in [6.45, 7) is 9.08. The lowest BCUT2D eigenvalue weighted by molar-refractivity contribution is -0.00388. The molecule has 14 heavy (non-hydrogen) atoms. The first-order chi connectivity index (χ1) is 6.74. The molecule has 0 bridgehead atoms. The van der Waals surface area contributed by atoms with Crippen LogP contribution in [0.4, 0.5) is 0 Å². The topological polar surface area (TPSA) is 36.9 Å². The molecule has 0 saturated carbocycles. The van der Waals surface area contributed by atoms with E-state index in [9.17, 15) is 0 Å². The molecule has 0 aliphatic carbocycles. The summed E-state index contributed by atoms with van der Waals surface area (Å²) in [5, 5.41) is 0. The van der Waals surface area contributed by atoms with E-state index in [2.05, 4.69) is 0 Å². The molecule has 0 rings (SSSR count). The van der Waals surface area contributed by atoms with Crippen LogP contribution < -0.4 is 0 Å². The van der Waals surface area contributed by atoms with Crippen LogP contribution in [0, 0.1) is 0 Å². The van der Waals surface area contributed by atoms with Gasteiger partial charge in [-0.1, -0.05) is 6.08 Å². The van der Waals surface area contributed by atoms with E-state index in [0.29, 0.717) is 19.8 Å². The molecule has 0 aliphatic rings. The van der Waals surface area contributed by atoms with E-state index in [1.165, 1.54) is 0 Å². The van der Waals surface area contributed by atoms with Crippen LogP contribution in [0.15, 0.2) is 12.3 Å². The van der Waals surface area contributed by atoms with Crippen LogP contribution in [0.25, 0.3) is 0 Å². The van der Waals surface area contributed by atoms with Crippen LogP contribution in [0.3, 0.4) is 0 Å². The highest BCUT2D eigenvalue weighted by molar-refractivity contribution is 6.53. The quantitative estimate of drug-likeness (QED) is 0.463. The lowest BCUT2D eigenvalue weighted by Gasteiger charge is -2.25. The maximum absolute atomic E-state index is 5.43. The third-order valence-corrected chi connectivity index (χ3v) is 3.66. The third kappa shape index (κ3) is 4.76. The first-order valence-electron chi connectivity index (χ1n) is 4.95. The van der Waals surface area contributed by atoms with Gasteiger partial charge in [-0.2, -0.15) is 0 Å². The molecule has 5 heteroatoms. The molecule has 0 aromatic heterocycles. The molecule has 0 unspecified atom stereocenters. The van der Waals surface area contributed by atoms with Crippen molar-refractivity contribution in [3.8, 4) is 0 Å². The molecule has 0 amide bonds. The lowest BCUT2D eigenvalue weighted by atomic mass is 10.8. The highest BCUT2D eigenvalue weighted by Gasteiger charge is 2.46. The summed E-state index contributed by atoms with van der Waals surface area (Å²) < 4.78 is 21.7. The van der Waals surface area contributed by atoms with Gasteiger partial charge in [0.15, 0.2) is 0 Å². The molecule has 84 valence electrons. The molecule has 0 aliphatic heterocycles. The summed E-state index contributed by atoms with van der Waals surface area (Å²) in [7, 11) is -2.90. The van der Waals surface area contributed by atoms with Gasteiger partial charge in [0.05, 0.1) is 6.26 Å². The molecular weight excluding hydrogens is 200 g/mol. The molecule has 0 fully saturated rings. The van der Waals surface area contributed by atoms with E-state index in [-0.39, 0.29) is 0 Å². The van der Waals surface area contributed by atoms with Gasteiger partial charge < -0.3 is 17.7 Å². The van der Waals surface area contributed by atoms with Crippen molar-refractivity contribution in [1.29, 1.82) is 0 Å². The van der Waals surface area contributed by atoms with Gasteiger partial charge in [-0.3, -0.25) is 0 Å². The fourth-order valence-corrected chi connectivity index (χ4v) is 2.73. The summed E-state index contributed by atoms with van der Waals surface area (Å²) >= 11 is 0. The van der Waals surface area contributed by atoms with Gasteiger partial charge in [0.1, 0.15) is 0 Å². The van der Waals surface area contributed by atoms with E-state index in [1.807, 2.05) is 27.7 Å². The van der Waals surface area contributed by atoms with Crippen molar-refractivity contribution >= 4 is 9.05 Å². The maximum atomic E-state index is 5.43. The van der Waals surface area contributed by atoms with E-state index in [1.54, 1.807) is 12.3 Å². The maximum Gasteiger partial charge on any atom is 0.749 e. The van der Waals surface area contributed by atoms with Crippen LogP contribution in [0.1, 0.15) is 27.7 Å². The second kappa shape index (κ2) is 7.99. The zero-order valence-electron chi connectivity index (χ0n) is 9.41. The minimum Gasteiger partial charge on any atom is -0.487 e. The second-order valence-corrected chi connectivity index (χ2v) is 4.49. The van der Waals surface area contributed by atoms with Crippen molar-refractivity contribution in [3.05, 3.63) is 12.3 Å². The molecule has 0 spiro atoms. The Morgan fingerprint density at radius 2 is 1.36 bits per heavy atom. The molecular formula is C9H20O4Si. The fourth-order valence-electron chi connectivity index (χ4n) is 0.909. The molecule has 0 aromatic carbocycles. The van der Waals surface area contributed by atoms with Gasteiger partial charge in [-0.15, -0.1) is 0 Å². The Bertz CT molecular complexity index is 144. The van der Waals surface area contributed by atoms with Gasteiger partial charge in [-0.25, -0.2) is 0 Å². The Labute approximate surface area is 87.3 Å². The van der Waals surface area contributed by atoms with Crippen molar-refractivity contribution in [3.63, 3.8) is 0 Å². The van der Waals surface area contributed by atoms with Crippen molar-refractivity contribution in [1.82, 2.24) is 0 Å². The highest BCUT2D eigenvalue weighted by atomic mass is 28.4. The monoisotopic (exact) mass is 220 g/mol. The Kier molecular flexibility index (Phi) is 7.78. The predicted molar refractivity (Wildman–Crippen MR) is 56.5 cm³/mol. The number of hydrogen-bond acceptors (Lipinski definition) is 4. The summed E-state index contributed by atoms with van der Waals surface area (Å²) in [5.41, 5.74) is 0. The smallest absolute Gasteiger partial charge is 0.487 e. The summed E-state index contributed by atoms with van der Waals surface area (Å²) in [5.74, 6) is 0. The average Bonchev–Trinajstić information content (AvgIpc) is 2.16. The summed E-state index contributed by atoms with van der Waals surface area (Å²) in [4.78, 5) is 0. The van der Waals surface area contributed by atoms with Crippen molar-refractivity contribution < 1.29 is 17.7 Å². The minimum absolute atomic E-state index is 0.518. The van der Waals surface area contributed by atoms with E-state index < -0.39 is 9.05 Å². The van der Waals surface area contributed by atoms with Gasteiger partial charge in [0.2, 0.25) is 0 Å². The van der Waals surface area contributed by atoms with Crippen LogP contribution in [-0.2, 0) is 17.7 Å². The molecule has 0 atom stereocenters.